The fourth-order valence-electron chi connectivity index (χ4n) is 1.27. The van der Waals surface area contributed by atoms with Crippen LogP contribution in [0, 0.1) is 5.92 Å². The van der Waals surface area contributed by atoms with Crippen LogP contribution in [0.25, 0.3) is 0 Å². The topological polar surface area (TPSA) is 75.6 Å². The number of rotatable bonds is 7. The molecule has 1 rings (SSSR count). The molecule has 104 valence electrons. The largest absolute Gasteiger partial charge is 0.480 e. The quantitative estimate of drug-likeness (QED) is 0.721. The summed E-state index contributed by atoms with van der Waals surface area (Å²) in [6.07, 6.45) is -4.21. The van der Waals surface area contributed by atoms with Gasteiger partial charge in [0.25, 0.3) is 0 Å². The summed E-state index contributed by atoms with van der Waals surface area (Å²) >= 11 is 0. The predicted octanol–water partition coefficient (Wildman–Crippen LogP) is 0.935. The van der Waals surface area contributed by atoms with Crippen LogP contribution in [-0.4, -0.2) is 42.4 Å². The SMILES string of the molecule is O=C(COCC1CC1)NC(CC(F)(F)F)C(=O)O. The van der Waals surface area contributed by atoms with Gasteiger partial charge in [-0.15, -0.1) is 0 Å². The zero-order valence-electron chi connectivity index (χ0n) is 9.50. The third kappa shape index (κ3) is 6.43. The Morgan fingerprint density at radius 2 is 2.00 bits per heavy atom. The summed E-state index contributed by atoms with van der Waals surface area (Å²) in [6, 6.07) is -1.97. The summed E-state index contributed by atoms with van der Waals surface area (Å²) in [6.45, 7) is -0.0391. The van der Waals surface area contributed by atoms with Gasteiger partial charge in [-0.3, -0.25) is 4.79 Å². The molecule has 0 heterocycles. The number of halogens is 3. The van der Waals surface area contributed by atoms with Gasteiger partial charge < -0.3 is 15.2 Å². The first-order valence-corrected chi connectivity index (χ1v) is 5.44. The molecule has 18 heavy (non-hydrogen) atoms. The van der Waals surface area contributed by atoms with Crippen LogP contribution in [0.3, 0.4) is 0 Å². The van der Waals surface area contributed by atoms with Crippen molar-refractivity contribution in [1.29, 1.82) is 0 Å². The van der Waals surface area contributed by atoms with Crippen molar-refractivity contribution in [2.24, 2.45) is 5.92 Å². The summed E-state index contributed by atoms with van der Waals surface area (Å²) in [7, 11) is 0. The van der Waals surface area contributed by atoms with E-state index in [1.165, 1.54) is 0 Å². The number of alkyl halides is 3. The number of aliphatic carboxylic acids is 1. The van der Waals surface area contributed by atoms with Crippen molar-refractivity contribution >= 4 is 11.9 Å². The summed E-state index contributed by atoms with van der Waals surface area (Å²) in [5.74, 6) is -2.15. The Morgan fingerprint density at radius 1 is 1.39 bits per heavy atom. The molecule has 2 N–H and O–H groups in total. The first-order valence-electron chi connectivity index (χ1n) is 5.44. The van der Waals surface area contributed by atoms with Gasteiger partial charge >= 0.3 is 12.1 Å². The minimum Gasteiger partial charge on any atom is -0.480 e. The molecule has 0 spiro atoms. The monoisotopic (exact) mass is 269 g/mol. The lowest BCUT2D eigenvalue weighted by Crippen LogP contribution is -2.45. The number of amides is 1. The highest BCUT2D eigenvalue weighted by molar-refractivity contribution is 5.84. The maximum atomic E-state index is 12.0. The van der Waals surface area contributed by atoms with E-state index in [-0.39, 0.29) is 0 Å². The zero-order chi connectivity index (χ0) is 13.8. The minimum atomic E-state index is -4.65. The summed E-state index contributed by atoms with van der Waals surface area (Å²) in [4.78, 5) is 21.7. The van der Waals surface area contributed by atoms with E-state index < -0.39 is 37.1 Å². The number of nitrogens with one attached hydrogen (secondary N) is 1. The molecule has 1 aliphatic rings. The van der Waals surface area contributed by atoms with Crippen LogP contribution in [0.2, 0.25) is 0 Å². The number of hydrogen-bond acceptors (Lipinski definition) is 3. The second-order valence-corrected chi connectivity index (χ2v) is 4.24. The zero-order valence-corrected chi connectivity index (χ0v) is 9.50. The van der Waals surface area contributed by atoms with E-state index >= 15 is 0 Å². The minimum absolute atomic E-state index is 0.379. The Bertz CT molecular complexity index is 315. The fourth-order valence-corrected chi connectivity index (χ4v) is 1.27. The summed E-state index contributed by atoms with van der Waals surface area (Å²) in [5, 5.41) is 10.3. The fraction of sp³-hybridized carbons (Fsp3) is 0.800. The van der Waals surface area contributed by atoms with Gasteiger partial charge in [0.1, 0.15) is 12.6 Å². The highest BCUT2D eigenvalue weighted by Crippen LogP contribution is 2.28. The lowest BCUT2D eigenvalue weighted by Gasteiger charge is -2.16. The van der Waals surface area contributed by atoms with Crippen molar-refractivity contribution in [1.82, 2.24) is 5.32 Å². The van der Waals surface area contributed by atoms with Gasteiger partial charge in [-0.05, 0) is 18.8 Å². The highest BCUT2D eigenvalue weighted by Gasteiger charge is 2.36. The van der Waals surface area contributed by atoms with Crippen molar-refractivity contribution in [2.45, 2.75) is 31.5 Å². The van der Waals surface area contributed by atoms with Gasteiger partial charge in [-0.25, -0.2) is 4.79 Å². The van der Waals surface area contributed by atoms with Gasteiger partial charge in [0, 0.05) is 0 Å². The lowest BCUT2D eigenvalue weighted by molar-refractivity contribution is -0.160. The number of carbonyl (C=O) groups is 2. The standard InChI is InChI=1S/C10H14F3NO4/c11-10(12,13)3-7(9(16)17)14-8(15)5-18-4-6-1-2-6/h6-7H,1-5H2,(H,14,15)(H,16,17). The van der Waals surface area contributed by atoms with Crippen molar-refractivity contribution in [2.75, 3.05) is 13.2 Å². The third-order valence-corrected chi connectivity index (χ3v) is 2.35. The Kier molecular flexibility index (Phi) is 4.94. The van der Waals surface area contributed by atoms with E-state index in [1.54, 1.807) is 5.32 Å². The molecular weight excluding hydrogens is 255 g/mol. The molecule has 0 bridgehead atoms. The first-order chi connectivity index (χ1) is 8.28. The second kappa shape index (κ2) is 6.03. The van der Waals surface area contributed by atoms with Crippen molar-refractivity contribution in [3.63, 3.8) is 0 Å². The van der Waals surface area contributed by atoms with Crippen LogP contribution in [-0.2, 0) is 14.3 Å². The van der Waals surface area contributed by atoms with Gasteiger partial charge in [0.2, 0.25) is 5.91 Å². The van der Waals surface area contributed by atoms with Crippen LogP contribution in [0.5, 0.6) is 0 Å². The second-order valence-electron chi connectivity index (χ2n) is 4.24. The maximum Gasteiger partial charge on any atom is 0.391 e. The number of hydrogen-bond donors (Lipinski definition) is 2. The Hall–Kier alpha value is -1.31. The van der Waals surface area contributed by atoms with E-state index in [9.17, 15) is 22.8 Å². The molecule has 1 atom stereocenters. The number of ether oxygens (including phenoxy) is 1. The molecule has 0 radical (unpaired) electrons. The molecule has 8 heteroatoms. The summed E-state index contributed by atoms with van der Waals surface area (Å²) in [5.41, 5.74) is 0. The number of carboxylic acids is 1. The molecule has 5 nitrogen and oxygen atoms in total. The number of carbonyl (C=O) groups excluding carboxylic acids is 1. The van der Waals surface area contributed by atoms with E-state index in [4.69, 9.17) is 9.84 Å². The Labute approximate surface area is 101 Å². The van der Waals surface area contributed by atoms with Gasteiger partial charge in [-0.2, -0.15) is 13.2 Å². The molecule has 1 aliphatic carbocycles. The van der Waals surface area contributed by atoms with E-state index in [0.29, 0.717) is 12.5 Å². The Morgan fingerprint density at radius 3 is 2.44 bits per heavy atom. The van der Waals surface area contributed by atoms with Crippen LogP contribution in [0.4, 0.5) is 13.2 Å². The third-order valence-electron chi connectivity index (χ3n) is 2.35. The van der Waals surface area contributed by atoms with Crippen molar-refractivity contribution < 1.29 is 32.6 Å². The molecule has 1 saturated carbocycles. The molecule has 1 unspecified atom stereocenters. The molecule has 0 aromatic heterocycles. The molecule has 0 saturated heterocycles. The van der Waals surface area contributed by atoms with Crippen LogP contribution < -0.4 is 5.32 Å². The molecule has 1 fully saturated rings. The maximum absolute atomic E-state index is 12.0. The average molecular weight is 269 g/mol. The molecular formula is C10H14F3NO4. The number of carboxylic acid groups (broad SMARTS) is 1. The Balaban J connectivity index is 2.29. The van der Waals surface area contributed by atoms with E-state index in [2.05, 4.69) is 0 Å². The van der Waals surface area contributed by atoms with Crippen LogP contribution in [0.1, 0.15) is 19.3 Å². The average Bonchev–Trinajstić information content (AvgIpc) is 2.98. The van der Waals surface area contributed by atoms with Crippen LogP contribution in [0.15, 0.2) is 0 Å². The normalized spacial score (nSPS) is 17.3. The van der Waals surface area contributed by atoms with Crippen LogP contribution >= 0.6 is 0 Å². The van der Waals surface area contributed by atoms with Crippen molar-refractivity contribution in [3.05, 3.63) is 0 Å². The van der Waals surface area contributed by atoms with E-state index in [1.807, 2.05) is 0 Å². The lowest BCUT2D eigenvalue weighted by atomic mass is 10.2. The molecule has 0 aliphatic heterocycles. The molecule has 0 aromatic carbocycles. The predicted molar refractivity (Wildman–Crippen MR) is 53.8 cm³/mol. The summed E-state index contributed by atoms with van der Waals surface area (Å²) < 4.78 is 41.1. The van der Waals surface area contributed by atoms with E-state index in [0.717, 1.165) is 12.8 Å². The molecule has 0 aromatic rings. The smallest absolute Gasteiger partial charge is 0.391 e. The van der Waals surface area contributed by atoms with Gasteiger partial charge in [0.15, 0.2) is 0 Å². The first kappa shape index (κ1) is 14.7. The molecule has 1 amide bonds. The van der Waals surface area contributed by atoms with Gasteiger partial charge in [0.05, 0.1) is 13.0 Å². The van der Waals surface area contributed by atoms with Crippen molar-refractivity contribution in [3.8, 4) is 0 Å². The highest BCUT2D eigenvalue weighted by atomic mass is 19.4. The van der Waals surface area contributed by atoms with Gasteiger partial charge in [-0.1, -0.05) is 0 Å².